The molecule has 180 valence electrons. The van der Waals surface area contributed by atoms with Crippen molar-refractivity contribution in [3.8, 4) is 0 Å². The van der Waals surface area contributed by atoms with Crippen molar-refractivity contribution in [3.05, 3.63) is 89.1 Å². The van der Waals surface area contributed by atoms with E-state index in [4.69, 9.17) is 5.73 Å². The van der Waals surface area contributed by atoms with Crippen molar-refractivity contribution < 1.29 is 5.11 Å². The molecule has 1 aliphatic heterocycles. The van der Waals surface area contributed by atoms with E-state index in [0.29, 0.717) is 6.04 Å². The molecule has 3 N–H and O–H groups in total. The van der Waals surface area contributed by atoms with Crippen LogP contribution in [0.1, 0.15) is 50.7 Å². The molecule has 4 nitrogen and oxygen atoms in total. The summed E-state index contributed by atoms with van der Waals surface area (Å²) < 4.78 is 0. The van der Waals surface area contributed by atoms with Crippen LogP contribution in [0.15, 0.2) is 78.0 Å². The Morgan fingerprint density at radius 2 is 1.59 bits per heavy atom. The Morgan fingerprint density at radius 1 is 0.882 bits per heavy atom. The van der Waals surface area contributed by atoms with Crippen LogP contribution in [0.3, 0.4) is 0 Å². The number of nitrogens with two attached hydrogens (primary N) is 1. The SMILES string of the molecule is CC(C)N1CCN(C2=CC=C(/C(=C(/CCCO)c3ccccc3)c3ccc(N)cc3)CC2)CC1. The van der Waals surface area contributed by atoms with E-state index in [1.807, 2.05) is 12.1 Å². The molecule has 0 amide bonds. The van der Waals surface area contributed by atoms with Crippen LogP contribution in [0.2, 0.25) is 0 Å². The predicted octanol–water partition coefficient (Wildman–Crippen LogP) is 5.58. The second-order valence-electron chi connectivity index (χ2n) is 9.64. The number of rotatable bonds is 8. The highest BCUT2D eigenvalue weighted by atomic mass is 16.2. The molecule has 1 fully saturated rings. The fourth-order valence-electron chi connectivity index (χ4n) is 5.14. The average molecular weight is 458 g/mol. The van der Waals surface area contributed by atoms with Crippen LogP contribution in [-0.4, -0.2) is 53.7 Å². The molecule has 2 aromatic carbocycles. The number of nitrogen functional groups attached to an aromatic ring is 1. The van der Waals surface area contributed by atoms with Crippen LogP contribution in [0.5, 0.6) is 0 Å². The summed E-state index contributed by atoms with van der Waals surface area (Å²) in [5.41, 5.74) is 14.6. The molecule has 0 saturated carbocycles. The van der Waals surface area contributed by atoms with Crippen LogP contribution < -0.4 is 5.73 Å². The van der Waals surface area contributed by atoms with Crippen molar-refractivity contribution in [2.75, 3.05) is 38.5 Å². The Kier molecular flexibility index (Phi) is 8.25. The first-order chi connectivity index (χ1) is 16.6. The number of aliphatic hydroxyl groups excluding tert-OH is 1. The molecule has 0 unspecified atom stereocenters. The van der Waals surface area contributed by atoms with E-state index >= 15 is 0 Å². The van der Waals surface area contributed by atoms with Crippen LogP contribution in [0, 0.1) is 0 Å². The highest BCUT2D eigenvalue weighted by Crippen LogP contribution is 2.39. The second kappa shape index (κ2) is 11.5. The number of aliphatic hydroxyl groups is 1. The van der Waals surface area contributed by atoms with Crippen LogP contribution in [-0.2, 0) is 0 Å². The third-order valence-corrected chi connectivity index (χ3v) is 7.11. The van der Waals surface area contributed by atoms with E-state index in [2.05, 4.69) is 78.3 Å². The summed E-state index contributed by atoms with van der Waals surface area (Å²) in [4.78, 5) is 5.14. The molecule has 0 spiro atoms. The number of piperazine rings is 1. The first-order valence-electron chi connectivity index (χ1n) is 12.7. The van der Waals surface area contributed by atoms with Gasteiger partial charge in [0.2, 0.25) is 0 Å². The minimum atomic E-state index is 0.191. The van der Waals surface area contributed by atoms with Crippen molar-refractivity contribution in [2.45, 2.75) is 45.6 Å². The predicted molar refractivity (Wildman–Crippen MR) is 144 cm³/mol. The fourth-order valence-corrected chi connectivity index (χ4v) is 5.14. The van der Waals surface area contributed by atoms with Crippen molar-refractivity contribution in [2.24, 2.45) is 0 Å². The van der Waals surface area contributed by atoms with E-state index in [9.17, 15) is 5.11 Å². The van der Waals surface area contributed by atoms with Gasteiger partial charge < -0.3 is 15.7 Å². The first kappa shape index (κ1) is 24.3. The van der Waals surface area contributed by atoms with E-state index in [1.165, 1.54) is 33.5 Å². The lowest BCUT2D eigenvalue weighted by Crippen LogP contribution is -2.48. The van der Waals surface area contributed by atoms with Gasteiger partial charge in [-0.15, -0.1) is 0 Å². The summed E-state index contributed by atoms with van der Waals surface area (Å²) in [5.74, 6) is 0. The molecule has 1 aliphatic carbocycles. The van der Waals surface area contributed by atoms with E-state index in [1.54, 1.807) is 0 Å². The van der Waals surface area contributed by atoms with Gasteiger partial charge in [0, 0.05) is 50.2 Å². The normalized spacial score (nSPS) is 17.9. The minimum absolute atomic E-state index is 0.191. The summed E-state index contributed by atoms with van der Waals surface area (Å²) in [6, 6.07) is 19.5. The summed E-state index contributed by atoms with van der Waals surface area (Å²) in [6.45, 7) is 9.27. The maximum atomic E-state index is 9.62. The van der Waals surface area contributed by atoms with Crippen LogP contribution >= 0.6 is 0 Å². The van der Waals surface area contributed by atoms with Gasteiger partial charge in [0.15, 0.2) is 0 Å². The highest BCUT2D eigenvalue weighted by molar-refractivity contribution is 5.98. The molecule has 0 bridgehead atoms. The van der Waals surface area contributed by atoms with Gasteiger partial charge in [-0.05, 0) is 85.6 Å². The van der Waals surface area contributed by atoms with Gasteiger partial charge in [-0.3, -0.25) is 4.90 Å². The van der Waals surface area contributed by atoms with E-state index in [-0.39, 0.29) is 6.61 Å². The standard InChI is InChI=1S/C30H39N3O/c1-23(2)32-18-20-33(21-19-32)28-16-12-26(13-17-28)30(25-10-14-27(31)15-11-25)29(9-6-22-34)24-7-4-3-5-8-24/h3-5,7-8,10-12,14-16,23,34H,6,9,13,17-22,31H2,1-2H3/b30-29-. The van der Waals surface area contributed by atoms with Gasteiger partial charge >= 0.3 is 0 Å². The van der Waals surface area contributed by atoms with Gasteiger partial charge in [0.25, 0.3) is 0 Å². The first-order valence-corrected chi connectivity index (χ1v) is 12.7. The Balaban J connectivity index is 1.70. The third kappa shape index (κ3) is 5.81. The zero-order valence-electron chi connectivity index (χ0n) is 20.7. The number of allylic oxidation sites excluding steroid dienone is 6. The lowest BCUT2D eigenvalue weighted by Gasteiger charge is -2.40. The molecule has 0 aromatic heterocycles. The lowest BCUT2D eigenvalue weighted by atomic mass is 9.83. The maximum absolute atomic E-state index is 9.62. The molecule has 2 aliphatic rings. The smallest absolute Gasteiger partial charge is 0.0434 e. The van der Waals surface area contributed by atoms with Crippen molar-refractivity contribution in [1.82, 2.24) is 9.80 Å². The summed E-state index contributed by atoms with van der Waals surface area (Å²) in [7, 11) is 0. The fraction of sp³-hybridized carbons (Fsp3) is 0.400. The molecular formula is C30H39N3O. The molecule has 0 atom stereocenters. The molecule has 1 heterocycles. The summed E-state index contributed by atoms with van der Waals surface area (Å²) in [6.07, 6.45) is 8.35. The van der Waals surface area contributed by atoms with E-state index in [0.717, 1.165) is 57.5 Å². The lowest BCUT2D eigenvalue weighted by molar-refractivity contribution is 0.127. The molecule has 0 radical (unpaired) electrons. The van der Waals surface area contributed by atoms with Crippen LogP contribution in [0.4, 0.5) is 5.69 Å². The molecular weight excluding hydrogens is 418 g/mol. The number of hydrogen-bond acceptors (Lipinski definition) is 4. The number of hydrogen-bond donors (Lipinski definition) is 2. The highest BCUT2D eigenvalue weighted by Gasteiger charge is 2.23. The van der Waals surface area contributed by atoms with Crippen molar-refractivity contribution in [3.63, 3.8) is 0 Å². The Bertz CT molecular complexity index is 1030. The van der Waals surface area contributed by atoms with Gasteiger partial charge in [-0.25, -0.2) is 0 Å². The molecule has 34 heavy (non-hydrogen) atoms. The molecule has 4 heteroatoms. The monoisotopic (exact) mass is 457 g/mol. The Hall–Kier alpha value is -2.82. The van der Waals surface area contributed by atoms with E-state index < -0.39 is 0 Å². The largest absolute Gasteiger partial charge is 0.399 e. The van der Waals surface area contributed by atoms with Crippen molar-refractivity contribution in [1.29, 1.82) is 0 Å². The number of anilines is 1. The van der Waals surface area contributed by atoms with Crippen molar-refractivity contribution >= 4 is 16.8 Å². The third-order valence-electron chi connectivity index (χ3n) is 7.11. The number of benzene rings is 2. The average Bonchev–Trinajstić information content (AvgIpc) is 2.88. The maximum Gasteiger partial charge on any atom is 0.0434 e. The van der Waals surface area contributed by atoms with Gasteiger partial charge in [-0.2, -0.15) is 0 Å². The topological polar surface area (TPSA) is 52.7 Å². The van der Waals surface area contributed by atoms with Gasteiger partial charge in [-0.1, -0.05) is 48.5 Å². The second-order valence-corrected chi connectivity index (χ2v) is 9.64. The van der Waals surface area contributed by atoms with Gasteiger partial charge in [0.1, 0.15) is 0 Å². The summed E-state index contributed by atoms with van der Waals surface area (Å²) >= 11 is 0. The Labute approximate surface area is 205 Å². The quantitative estimate of drug-likeness (QED) is 0.401. The summed E-state index contributed by atoms with van der Waals surface area (Å²) in [5, 5.41) is 9.62. The van der Waals surface area contributed by atoms with Crippen LogP contribution in [0.25, 0.3) is 11.1 Å². The Morgan fingerprint density at radius 3 is 2.18 bits per heavy atom. The molecule has 4 rings (SSSR count). The zero-order valence-corrected chi connectivity index (χ0v) is 20.7. The molecule has 2 aromatic rings. The minimum Gasteiger partial charge on any atom is -0.399 e. The van der Waals surface area contributed by atoms with Gasteiger partial charge in [0.05, 0.1) is 0 Å². The molecule has 1 saturated heterocycles. The zero-order chi connectivity index (χ0) is 23.9. The number of nitrogens with zero attached hydrogens (tertiary/aromatic N) is 2.